The Labute approximate surface area is 99.0 Å². The zero-order valence-corrected chi connectivity index (χ0v) is 10.5. The molecule has 1 saturated carbocycles. The summed E-state index contributed by atoms with van der Waals surface area (Å²) in [4.78, 5) is 2.42. The number of nitrogens with two attached hydrogens (primary N) is 1. The Morgan fingerprint density at radius 2 is 1.75 bits per heavy atom. The first-order valence-electron chi connectivity index (χ1n) is 6.73. The maximum Gasteiger partial charge on any atom is 0.0540 e. The van der Waals surface area contributed by atoms with E-state index in [0.29, 0.717) is 5.41 Å². The molecule has 0 aromatic rings. The van der Waals surface area contributed by atoms with Crippen LogP contribution in [0.1, 0.15) is 38.5 Å². The Morgan fingerprint density at radius 3 is 2.25 bits per heavy atom. The standard InChI is InChI=1S/C13H26N2O/c1-15-8-4-11(5-9-15)13(10-14)6-2-12(16)3-7-13/h11-12,16H,2-10,14H2,1H3. The molecule has 2 aliphatic rings. The van der Waals surface area contributed by atoms with Crippen LogP contribution in [0.3, 0.4) is 0 Å². The fraction of sp³-hybridized carbons (Fsp3) is 1.00. The molecule has 0 radical (unpaired) electrons. The van der Waals surface area contributed by atoms with Gasteiger partial charge in [0.1, 0.15) is 0 Å². The summed E-state index contributed by atoms with van der Waals surface area (Å²) in [6.45, 7) is 3.25. The summed E-state index contributed by atoms with van der Waals surface area (Å²) in [5.41, 5.74) is 6.40. The molecular formula is C13H26N2O. The largest absolute Gasteiger partial charge is 0.393 e. The molecule has 2 fully saturated rings. The molecule has 3 heteroatoms. The lowest BCUT2D eigenvalue weighted by Gasteiger charge is -2.47. The van der Waals surface area contributed by atoms with Crippen molar-refractivity contribution in [1.29, 1.82) is 0 Å². The summed E-state index contributed by atoms with van der Waals surface area (Å²) < 4.78 is 0. The number of hydrogen-bond acceptors (Lipinski definition) is 3. The fourth-order valence-electron chi connectivity index (χ4n) is 3.58. The van der Waals surface area contributed by atoms with Crippen LogP contribution in [0.2, 0.25) is 0 Å². The van der Waals surface area contributed by atoms with Gasteiger partial charge in [0.25, 0.3) is 0 Å². The van der Waals surface area contributed by atoms with Gasteiger partial charge >= 0.3 is 0 Å². The minimum absolute atomic E-state index is 0.0639. The van der Waals surface area contributed by atoms with Gasteiger partial charge in [-0.2, -0.15) is 0 Å². The Balaban J connectivity index is 1.98. The SMILES string of the molecule is CN1CCC(C2(CN)CCC(O)CC2)CC1. The second kappa shape index (κ2) is 5.03. The maximum absolute atomic E-state index is 9.63. The summed E-state index contributed by atoms with van der Waals surface area (Å²) in [5, 5.41) is 9.63. The lowest BCUT2D eigenvalue weighted by Crippen LogP contribution is -2.46. The monoisotopic (exact) mass is 226 g/mol. The van der Waals surface area contributed by atoms with E-state index in [0.717, 1.165) is 38.1 Å². The third-order valence-corrected chi connectivity index (χ3v) is 4.94. The van der Waals surface area contributed by atoms with E-state index >= 15 is 0 Å². The van der Waals surface area contributed by atoms with Crippen molar-refractivity contribution in [1.82, 2.24) is 4.90 Å². The molecule has 0 aromatic carbocycles. The average Bonchev–Trinajstić information content (AvgIpc) is 2.32. The van der Waals surface area contributed by atoms with Gasteiger partial charge in [-0.1, -0.05) is 0 Å². The fourth-order valence-corrected chi connectivity index (χ4v) is 3.58. The van der Waals surface area contributed by atoms with Crippen LogP contribution < -0.4 is 5.73 Å². The van der Waals surface area contributed by atoms with E-state index in [1.807, 2.05) is 0 Å². The highest BCUT2D eigenvalue weighted by atomic mass is 16.3. The predicted molar refractivity (Wildman–Crippen MR) is 66.2 cm³/mol. The number of nitrogens with zero attached hydrogens (tertiary/aromatic N) is 1. The van der Waals surface area contributed by atoms with Gasteiger partial charge in [-0.25, -0.2) is 0 Å². The van der Waals surface area contributed by atoms with Crippen molar-refractivity contribution in [3.63, 3.8) is 0 Å². The summed E-state index contributed by atoms with van der Waals surface area (Å²) >= 11 is 0. The van der Waals surface area contributed by atoms with Crippen LogP contribution in [0.25, 0.3) is 0 Å². The van der Waals surface area contributed by atoms with Gasteiger partial charge in [0.2, 0.25) is 0 Å². The van der Waals surface area contributed by atoms with E-state index in [1.165, 1.54) is 25.9 Å². The zero-order valence-electron chi connectivity index (χ0n) is 10.5. The molecule has 0 spiro atoms. The second-order valence-corrected chi connectivity index (χ2v) is 5.88. The highest BCUT2D eigenvalue weighted by molar-refractivity contribution is 4.93. The van der Waals surface area contributed by atoms with E-state index in [1.54, 1.807) is 0 Å². The number of rotatable bonds is 2. The second-order valence-electron chi connectivity index (χ2n) is 5.88. The molecule has 94 valence electrons. The highest BCUT2D eigenvalue weighted by Crippen LogP contribution is 2.45. The molecule has 1 saturated heterocycles. The molecular weight excluding hydrogens is 200 g/mol. The Hall–Kier alpha value is -0.120. The lowest BCUT2D eigenvalue weighted by molar-refractivity contribution is 0.00803. The molecule has 3 nitrogen and oxygen atoms in total. The van der Waals surface area contributed by atoms with Crippen LogP contribution in [-0.4, -0.2) is 42.8 Å². The van der Waals surface area contributed by atoms with E-state index in [4.69, 9.17) is 5.73 Å². The van der Waals surface area contributed by atoms with Gasteiger partial charge in [0.15, 0.2) is 0 Å². The maximum atomic E-state index is 9.63. The van der Waals surface area contributed by atoms with Crippen LogP contribution in [0.4, 0.5) is 0 Å². The van der Waals surface area contributed by atoms with Crippen molar-refractivity contribution in [2.45, 2.75) is 44.6 Å². The van der Waals surface area contributed by atoms with E-state index in [2.05, 4.69) is 11.9 Å². The quantitative estimate of drug-likeness (QED) is 0.744. The number of aliphatic hydroxyl groups excluding tert-OH is 1. The number of hydrogen-bond donors (Lipinski definition) is 2. The van der Waals surface area contributed by atoms with Crippen LogP contribution in [0.5, 0.6) is 0 Å². The molecule has 1 heterocycles. The topological polar surface area (TPSA) is 49.5 Å². The predicted octanol–water partition coefficient (Wildman–Crippen LogP) is 1.21. The summed E-state index contributed by atoms with van der Waals surface area (Å²) in [7, 11) is 2.20. The van der Waals surface area contributed by atoms with Crippen molar-refractivity contribution in [3.05, 3.63) is 0 Å². The summed E-state index contributed by atoms with van der Waals surface area (Å²) in [6.07, 6.45) is 6.73. The van der Waals surface area contributed by atoms with Gasteiger partial charge in [-0.15, -0.1) is 0 Å². The Morgan fingerprint density at radius 1 is 1.19 bits per heavy atom. The van der Waals surface area contributed by atoms with Crippen molar-refractivity contribution in [2.75, 3.05) is 26.7 Å². The number of likely N-dealkylation sites (tertiary alicyclic amines) is 1. The smallest absolute Gasteiger partial charge is 0.0540 e. The molecule has 0 amide bonds. The van der Waals surface area contributed by atoms with Crippen molar-refractivity contribution in [3.8, 4) is 0 Å². The van der Waals surface area contributed by atoms with Gasteiger partial charge < -0.3 is 15.7 Å². The summed E-state index contributed by atoms with van der Waals surface area (Å²) in [5.74, 6) is 0.793. The number of aliphatic hydroxyl groups is 1. The third kappa shape index (κ3) is 2.41. The first-order valence-corrected chi connectivity index (χ1v) is 6.73. The molecule has 1 aliphatic heterocycles. The molecule has 0 bridgehead atoms. The molecule has 0 unspecified atom stereocenters. The summed E-state index contributed by atoms with van der Waals surface area (Å²) in [6, 6.07) is 0. The first kappa shape index (κ1) is 12.3. The molecule has 16 heavy (non-hydrogen) atoms. The average molecular weight is 226 g/mol. The van der Waals surface area contributed by atoms with Crippen LogP contribution in [0, 0.1) is 11.3 Å². The van der Waals surface area contributed by atoms with E-state index in [9.17, 15) is 5.11 Å². The lowest BCUT2D eigenvalue weighted by atomic mass is 9.62. The number of piperidine rings is 1. The van der Waals surface area contributed by atoms with Crippen molar-refractivity contribution >= 4 is 0 Å². The third-order valence-electron chi connectivity index (χ3n) is 4.94. The van der Waals surface area contributed by atoms with Gasteiger partial charge in [0, 0.05) is 0 Å². The molecule has 3 N–H and O–H groups in total. The molecule has 0 atom stereocenters. The van der Waals surface area contributed by atoms with Crippen molar-refractivity contribution in [2.24, 2.45) is 17.1 Å². The van der Waals surface area contributed by atoms with Crippen molar-refractivity contribution < 1.29 is 5.11 Å². The van der Waals surface area contributed by atoms with E-state index in [-0.39, 0.29) is 6.10 Å². The van der Waals surface area contributed by atoms with Crippen LogP contribution >= 0.6 is 0 Å². The first-order chi connectivity index (χ1) is 7.66. The van der Waals surface area contributed by atoms with Crippen LogP contribution in [0.15, 0.2) is 0 Å². The molecule has 1 aliphatic carbocycles. The van der Waals surface area contributed by atoms with Gasteiger partial charge in [-0.05, 0) is 76.5 Å². The minimum atomic E-state index is -0.0639. The zero-order chi connectivity index (χ0) is 11.6. The minimum Gasteiger partial charge on any atom is -0.393 e. The Kier molecular flexibility index (Phi) is 3.88. The highest BCUT2D eigenvalue weighted by Gasteiger charge is 2.41. The Bertz CT molecular complexity index is 216. The van der Waals surface area contributed by atoms with E-state index < -0.39 is 0 Å². The van der Waals surface area contributed by atoms with Gasteiger partial charge in [-0.3, -0.25) is 0 Å². The molecule has 0 aromatic heterocycles. The normalized spacial score (nSPS) is 38.8. The molecule has 2 rings (SSSR count). The van der Waals surface area contributed by atoms with Gasteiger partial charge in [0.05, 0.1) is 6.10 Å². The van der Waals surface area contributed by atoms with Crippen LogP contribution in [-0.2, 0) is 0 Å².